The van der Waals surface area contributed by atoms with Crippen LogP contribution in [0.1, 0.15) is 124 Å². The maximum atomic E-state index is 13.2. The minimum absolute atomic E-state index is 0.00598. The normalized spacial score (nSPS) is 31.9. The summed E-state index contributed by atoms with van der Waals surface area (Å²) < 4.78 is 6.23. The van der Waals surface area contributed by atoms with Crippen molar-refractivity contribution in [2.45, 2.75) is 131 Å². The summed E-state index contributed by atoms with van der Waals surface area (Å²) in [6.45, 7) is 12.6. The van der Waals surface area contributed by atoms with Crippen molar-refractivity contribution in [3.05, 3.63) is 71.8 Å². The number of hydrogen-bond acceptors (Lipinski definition) is 2. The standard InChI is InChI=1S/C47H60O2/c1-30(2)9-6-10-31(3)40-23-24-41-39-22-20-36-29-37(25-27-46(36,4)42(39)26-28-47(40,41)5)49-43(48)14-8-11-32-15-16-35-18-17-33-12-7-13-34-19-21-38(32)45(35)44(33)34/h7,12-13,15-21,30-31,37,39-42H,6,8-11,14,22-29H2,1-5H3. The number of fused-ring (bicyclic) bond motifs is 5. The Morgan fingerprint density at radius 2 is 1.57 bits per heavy atom. The van der Waals surface area contributed by atoms with Crippen LogP contribution in [0.2, 0.25) is 0 Å². The molecule has 2 heteroatoms. The molecule has 4 aliphatic rings. The van der Waals surface area contributed by atoms with E-state index in [9.17, 15) is 4.79 Å². The number of carbonyl (C=O) groups is 1. The predicted molar refractivity (Wildman–Crippen MR) is 206 cm³/mol. The van der Waals surface area contributed by atoms with Gasteiger partial charge >= 0.3 is 5.97 Å². The Morgan fingerprint density at radius 1 is 0.816 bits per heavy atom. The lowest BCUT2D eigenvalue weighted by atomic mass is 9.47. The number of benzene rings is 4. The van der Waals surface area contributed by atoms with E-state index in [0.29, 0.717) is 17.3 Å². The average Bonchev–Trinajstić information content (AvgIpc) is 3.45. The molecule has 0 N–H and O–H groups in total. The van der Waals surface area contributed by atoms with E-state index in [-0.39, 0.29) is 12.1 Å². The zero-order valence-corrected chi connectivity index (χ0v) is 31.0. The summed E-state index contributed by atoms with van der Waals surface area (Å²) in [6.07, 6.45) is 19.3. The highest BCUT2D eigenvalue weighted by atomic mass is 16.5. The van der Waals surface area contributed by atoms with Crippen LogP contribution in [0.5, 0.6) is 0 Å². The van der Waals surface area contributed by atoms with Gasteiger partial charge in [-0.15, -0.1) is 0 Å². The van der Waals surface area contributed by atoms with Crippen molar-refractivity contribution in [2.24, 2.45) is 46.3 Å². The number of carbonyl (C=O) groups excluding carboxylic acids is 1. The van der Waals surface area contributed by atoms with Crippen molar-refractivity contribution in [1.82, 2.24) is 0 Å². The molecule has 0 aliphatic heterocycles. The molecule has 8 atom stereocenters. The largest absolute Gasteiger partial charge is 0.462 e. The van der Waals surface area contributed by atoms with Gasteiger partial charge < -0.3 is 4.74 Å². The third kappa shape index (κ3) is 5.82. The minimum atomic E-state index is -0.00598. The fraction of sp³-hybridized carbons (Fsp3) is 0.596. The van der Waals surface area contributed by atoms with E-state index in [2.05, 4.69) is 95.3 Å². The fourth-order valence-electron chi connectivity index (χ4n) is 12.4. The Hall–Kier alpha value is -2.87. The number of esters is 1. The summed E-state index contributed by atoms with van der Waals surface area (Å²) in [4.78, 5) is 13.2. The minimum Gasteiger partial charge on any atom is -0.462 e. The van der Waals surface area contributed by atoms with Crippen molar-refractivity contribution in [3.63, 3.8) is 0 Å². The van der Waals surface area contributed by atoms with Crippen molar-refractivity contribution >= 4 is 38.3 Å². The van der Waals surface area contributed by atoms with E-state index in [1.165, 1.54) is 95.7 Å². The summed E-state index contributed by atoms with van der Waals surface area (Å²) >= 11 is 0. The molecule has 0 amide bonds. The van der Waals surface area contributed by atoms with Gasteiger partial charge in [0.05, 0.1) is 0 Å². The van der Waals surface area contributed by atoms with E-state index in [4.69, 9.17) is 4.74 Å². The number of rotatable bonds is 10. The Balaban J connectivity index is 0.878. The topological polar surface area (TPSA) is 26.3 Å². The average molecular weight is 657 g/mol. The Labute approximate surface area is 295 Å². The van der Waals surface area contributed by atoms with Gasteiger partial charge in [-0.25, -0.2) is 0 Å². The van der Waals surface area contributed by atoms with Gasteiger partial charge in [-0.05, 0) is 142 Å². The monoisotopic (exact) mass is 656 g/mol. The molecule has 49 heavy (non-hydrogen) atoms. The van der Waals surface area contributed by atoms with Crippen LogP contribution in [-0.2, 0) is 16.0 Å². The zero-order valence-electron chi connectivity index (χ0n) is 31.0. The van der Waals surface area contributed by atoms with Crippen LogP contribution in [0.4, 0.5) is 0 Å². The lowest BCUT2D eigenvalue weighted by Gasteiger charge is -2.58. The quantitative estimate of drug-likeness (QED) is 0.0964. The molecule has 8 rings (SSSR count). The number of hydrogen-bond donors (Lipinski definition) is 0. The maximum absolute atomic E-state index is 13.2. The molecule has 8 unspecified atom stereocenters. The first-order valence-corrected chi connectivity index (χ1v) is 20.2. The van der Waals surface area contributed by atoms with Gasteiger partial charge in [0.1, 0.15) is 6.10 Å². The highest BCUT2D eigenvalue weighted by molar-refractivity contribution is 6.23. The van der Waals surface area contributed by atoms with Gasteiger partial charge in [0.15, 0.2) is 0 Å². The molecule has 0 aromatic heterocycles. The predicted octanol–water partition coefficient (Wildman–Crippen LogP) is 12.9. The van der Waals surface area contributed by atoms with E-state index in [1.807, 2.05) is 0 Å². The van der Waals surface area contributed by atoms with Gasteiger partial charge in [0, 0.05) is 12.8 Å². The number of ether oxygens (including phenoxy) is 1. The van der Waals surface area contributed by atoms with Crippen LogP contribution in [0.3, 0.4) is 0 Å². The first-order valence-electron chi connectivity index (χ1n) is 20.2. The fourth-order valence-corrected chi connectivity index (χ4v) is 12.4. The Bertz CT molecular complexity index is 1830. The van der Waals surface area contributed by atoms with Gasteiger partial charge in [-0.2, -0.15) is 0 Å². The van der Waals surface area contributed by atoms with Crippen molar-refractivity contribution in [1.29, 1.82) is 0 Å². The van der Waals surface area contributed by atoms with Crippen LogP contribution < -0.4 is 0 Å². The van der Waals surface area contributed by atoms with Gasteiger partial charge in [-0.3, -0.25) is 4.79 Å². The molecule has 0 radical (unpaired) electrons. The lowest BCUT2D eigenvalue weighted by molar-refractivity contribution is -0.151. The van der Waals surface area contributed by atoms with Crippen LogP contribution >= 0.6 is 0 Å². The third-order valence-electron chi connectivity index (χ3n) is 15.0. The van der Waals surface area contributed by atoms with Crippen molar-refractivity contribution in [2.75, 3.05) is 0 Å². The van der Waals surface area contributed by atoms with Crippen molar-refractivity contribution in [3.8, 4) is 0 Å². The highest BCUT2D eigenvalue weighted by Crippen LogP contribution is 2.67. The molecule has 260 valence electrons. The molecular formula is C47H60O2. The molecular weight excluding hydrogens is 597 g/mol. The van der Waals surface area contributed by atoms with Crippen LogP contribution in [-0.4, -0.2) is 12.1 Å². The molecule has 0 saturated heterocycles. The summed E-state index contributed by atoms with van der Waals surface area (Å²) in [5.74, 6) is 5.14. The summed E-state index contributed by atoms with van der Waals surface area (Å²) in [5.41, 5.74) is 3.78. The first kappa shape index (κ1) is 33.3. The number of aryl methyl sites for hydroxylation is 1. The van der Waals surface area contributed by atoms with E-state index in [1.54, 1.807) is 5.57 Å². The smallest absolute Gasteiger partial charge is 0.306 e. The van der Waals surface area contributed by atoms with E-state index >= 15 is 0 Å². The summed E-state index contributed by atoms with van der Waals surface area (Å²) in [6, 6.07) is 20.1. The Morgan fingerprint density at radius 3 is 2.37 bits per heavy atom. The molecule has 0 bridgehead atoms. The van der Waals surface area contributed by atoms with Gasteiger partial charge in [0.2, 0.25) is 0 Å². The van der Waals surface area contributed by atoms with Gasteiger partial charge in [-0.1, -0.05) is 120 Å². The molecule has 0 heterocycles. The first-order chi connectivity index (χ1) is 23.7. The third-order valence-corrected chi connectivity index (χ3v) is 15.0. The van der Waals surface area contributed by atoms with Crippen molar-refractivity contribution < 1.29 is 9.53 Å². The van der Waals surface area contributed by atoms with E-state index in [0.717, 1.165) is 61.2 Å². The van der Waals surface area contributed by atoms with E-state index < -0.39 is 0 Å². The van der Waals surface area contributed by atoms with Gasteiger partial charge in [0.25, 0.3) is 0 Å². The second kappa shape index (κ2) is 13.0. The molecule has 4 aromatic rings. The SMILES string of the molecule is CC(C)CCCC(C)C1CCC2C3CC=C4CC(OC(=O)CCCc5ccc6ccc7cccc8ccc5c6c78)CCC4(C)C3CCC12C. The second-order valence-corrected chi connectivity index (χ2v) is 18.1. The molecule has 2 nitrogen and oxygen atoms in total. The Kier molecular flexibility index (Phi) is 8.85. The zero-order chi connectivity index (χ0) is 33.9. The molecule has 4 aliphatic carbocycles. The highest BCUT2D eigenvalue weighted by Gasteiger charge is 2.59. The van der Waals surface area contributed by atoms with Crippen LogP contribution in [0, 0.1) is 46.3 Å². The molecule has 4 aromatic carbocycles. The maximum Gasteiger partial charge on any atom is 0.306 e. The number of allylic oxidation sites excluding steroid dienone is 1. The second-order valence-electron chi connectivity index (χ2n) is 18.1. The summed E-state index contributed by atoms with van der Waals surface area (Å²) in [7, 11) is 0. The molecule has 0 spiro atoms. The van der Waals surface area contributed by atoms with Crippen LogP contribution in [0.15, 0.2) is 66.2 Å². The molecule has 3 saturated carbocycles. The van der Waals surface area contributed by atoms with Crippen LogP contribution in [0.25, 0.3) is 32.3 Å². The summed E-state index contributed by atoms with van der Waals surface area (Å²) in [5, 5.41) is 7.96. The lowest BCUT2D eigenvalue weighted by Crippen LogP contribution is -2.51. The molecule has 3 fully saturated rings.